The molecule has 0 radical (unpaired) electrons. The van der Waals surface area contributed by atoms with Crippen molar-refractivity contribution in [3.05, 3.63) is 30.3 Å². The molecule has 0 aliphatic rings. The molecule has 4 heteroatoms. The number of para-hydroxylation sites is 1. The van der Waals surface area contributed by atoms with Crippen molar-refractivity contribution in [1.82, 2.24) is 5.43 Å². The van der Waals surface area contributed by atoms with Crippen LogP contribution >= 0.6 is 0 Å². The quantitative estimate of drug-likeness (QED) is 0.771. The van der Waals surface area contributed by atoms with Crippen molar-refractivity contribution in [2.24, 2.45) is 0 Å². The molecule has 0 aliphatic heterocycles. The Hall–Kier alpha value is -1.71. The summed E-state index contributed by atoms with van der Waals surface area (Å²) in [6.45, 7) is 4.79. The summed E-state index contributed by atoms with van der Waals surface area (Å²) in [4.78, 5) is 11.2. The molecule has 0 spiro atoms. The summed E-state index contributed by atoms with van der Waals surface area (Å²) in [7, 11) is 0. The smallest absolute Gasteiger partial charge is 0.426 e. The Morgan fingerprint density at radius 3 is 2.53 bits per heavy atom. The summed E-state index contributed by atoms with van der Waals surface area (Å²) >= 11 is 0. The zero-order valence-corrected chi connectivity index (χ0v) is 9.06. The fraction of sp³-hybridized carbons (Fsp3) is 0.364. The molecule has 1 aromatic carbocycles. The van der Waals surface area contributed by atoms with Crippen LogP contribution in [0.4, 0.5) is 10.5 Å². The Bertz CT molecular complexity index is 301. The van der Waals surface area contributed by atoms with Crippen LogP contribution in [0.25, 0.3) is 0 Å². The molecular weight excluding hydrogens is 192 g/mol. The van der Waals surface area contributed by atoms with E-state index in [1.807, 2.05) is 37.3 Å². The summed E-state index contributed by atoms with van der Waals surface area (Å²) < 4.78 is 4.80. The maximum atomic E-state index is 11.2. The number of carbonyl (C=O) groups is 1. The minimum Gasteiger partial charge on any atom is -0.449 e. The van der Waals surface area contributed by atoms with Crippen LogP contribution in [0.3, 0.4) is 0 Å². The first-order valence-corrected chi connectivity index (χ1v) is 5.04. The van der Waals surface area contributed by atoms with Gasteiger partial charge in [0.05, 0.1) is 12.3 Å². The lowest BCUT2D eigenvalue weighted by atomic mass is 10.3. The van der Waals surface area contributed by atoms with Crippen LogP contribution in [-0.2, 0) is 4.74 Å². The first kappa shape index (κ1) is 11.4. The van der Waals surface area contributed by atoms with Crippen LogP contribution in [-0.4, -0.2) is 19.2 Å². The molecule has 1 N–H and O–H groups in total. The lowest BCUT2D eigenvalue weighted by molar-refractivity contribution is 0.151. The Kier molecular flexibility index (Phi) is 4.47. The van der Waals surface area contributed by atoms with Gasteiger partial charge in [-0.15, -0.1) is 0 Å². The summed E-state index contributed by atoms with van der Waals surface area (Å²) in [6, 6.07) is 9.63. The molecule has 1 rings (SSSR count). The van der Waals surface area contributed by atoms with Crippen LogP contribution < -0.4 is 10.4 Å². The van der Waals surface area contributed by atoms with Gasteiger partial charge in [0.15, 0.2) is 0 Å². The number of hydrogen-bond donors (Lipinski definition) is 1. The van der Waals surface area contributed by atoms with Gasteiger partial charge < -0.3 is 4.74 Å². The van der Waals surface area contributed by atoms with Crippen molar-refractivity contribution in [2.45, 2.75) is 13.8 Å². The Labute approximate surface area is 89.8 Å². The Balaban J connectivity index is 2.61. The molecule has 4 nitrogen and oxygen atoms in total. The second-order valence-corrected chi connectivity index (χ2v) is 2.91. The molecule has 0 unspecified atom stereocenters. The number of carbonyl (C=O) groups excluding carboxylic acids is 1. The van der Waals surface area contributed by atoms with Gasteiger partial charge in [-0.05, 0) is 26.0 Å². The zero-order valence-electron chi connectivity index (χ0n) is 9.06. The van der Waals surface area contributed by atoms with E-state index < -0.39 is 6.09 Å². The molecule has 15 heavy (non-hydrogen) atoms. The average molecular weight is 208 g/mol. The van der Waals surface area contributed by atoms with Gasteiger partial charge in [0.1, 0.15) is 0 Å². The number of anilines is 1. The molecule has 1 amide bonds. The first-order chi connectivity index (χ1) is 7.27. The van der Waals surface area contributed by atoms with E-state index in [0.717, 1.165) is 5.69 Å². The highest BCUT2D eigenvalue weighted by atomic mass is 16.6. The Morgan fingerprint density at radius 1 is 1.33 bits per heavy atom. The maximum Gasteiger partial charge on any atom is 0.426 e. The van der Waals surface area contributed by atoms with Crippen molar-refractivity contribution in [3.63, 3.8) is 0 Å². The van der Waals surface area contributed by atoms with E-state index in [4.69, 9.17) is 4.74 Å². The number of rotatable bonds is 4. The monoisotopic (exact) mass is 208 g/mol. The SMILES string of the molecule is CCOC(=O)NN(CC)c1ccccc1. The maximum absolute atomic E-state index is 11.2. The number of nitrogens with zero attached hydrogens (tertiary/aromatic N) is 1. The third-order valence-electron chi connectivity index (χ3n) is 1.89. The summed E-state index contributed by atoms with van der Waals surface area (Å²) in [5.74, 6) is 0. The Morgan fingerprint density at radius 2 is 2.00 bits per heavy atom. The van der Waals surface area contributed by atoms with Crippen molar-refractivity contribution in [2.75, 3.05) is 18.2 Å². The second-order valence-electron chi connectivity index (χ2n) is 2.91. The second kappa shape index (κ2) is 5.90. The van der Waals surface area contributed by atoms with E-state index in [9.17, 15) is 4.79 Å². The normalized spacial score (nSPS) is 9.47. The highest BCUT2D eigenvalue weighted by molar-refractivity contribution is 5.70. The van der Waals surface area contributed by atoms with Gasteiger partial charge in [0.25, 0.3) is 0 Å². The van der Waals surface area contributed by atoms with Crippen molar-refractivity contribution in [1.29, 1.82) is 0 Å². The fourth-order valence-corrected chi connectivity index (χ4v) is 1.21. The van der Waals surface area contributed by atoms with E-state index in [0.29, 0.717) is 13.2 Å². The first-order valence-electron chi connectivity index (χ1n) is 5.04. The summed E-state index contributed by atoms with van der Waals surface area (Å²) in [5.41, 5.74) is 3.59. The molecular formula is C11H16N2O2. The third kappa shape index (κ3) is 3.50. The largest absolute Gasteiger partial charge is 0.449 e. The molecule has 0 bridgehead atoms. The van der Waals surface area contributed by atoms with Crippen LogP contribution in [0, 0.1) is 0 Å². The molecule has 0 aromatic heterocycles. The lowest BCUT2D eigenvalue weighted by Gasteiger charge is -2.22. The van der Waals surface area contributed by atoms with Gasteiger partial charge in [0, 0.05) is 6.54 Å². The zero-order chi connectivity index (χ0) is 11.1. The molecule has 1 aromatic rings. The van der Waals surface area contributed by atoms with Gasteiger partial charge in [-0.1, -0.05) is 18.2 Å². The average Bonchev–Trinajstić information content (AvgIpc) is 2.27. The lowest BCUT2D eigenvalue weighted by Crippen LogP contribution is -2.42. The highest BCUT2D eigenvalue weighted by Gasteiger charge is 2.07. The number of nitrogens with one attached hydrogen (secondary N) is 1. The van der Waals surface area contributed by atoms with Gasteiger partial charge in [-0.3, -0.25) is 5.01 Å². The predicted octanol–water partition coefficient (Wildman–Crippen LogP) is 2.17. The van der Waals surface area contributed by atoms with Crippen LogP contribution in [0.1, 0.15) is 13.8 Å². The minimum absolute atomic E-state index is 0.373. The number of hydrazine groups is 1. The van der Waals surface area contributed by atoms with E-state index in [2.05, 4.69) is 5.43 Å². The van der Waals surface area contributed by atoms with Gasteiger partial charge in [-0.25, -0.2) is 10.2 Å². The van der Waals surface area contributed by atoms with Crippen LogP contribution in [0.5, 0.6) is 0 Å². The van der Waals surface area contributed by atoms with E-state index in [1.54, 1.807) is 11.9 Å². The standard InChI is InChI=1S/C11H16N2O2/c1-3-13(12-11(14)15-4-2)10-8-6-5-7-9-10/h5-9H,3-4H2,1-2H3,(H,12,14). The fourth-order valence-electron chi connectivity index (χ4n) is 1.21. The van der Waals surface area contributed by atoms with Crippen LogP contribution in [0.2, 0.25) is 0 Å². The third-order valence-corrected chi connectivity index (χ3v) is 1.89. The predicted molar refractivity (Wildman–Crippen MR) is 59.6 cm³/mol. The van der Waals surface area contributed by atoms with E-state index >= 15 is 0 Å². The number of amides is 1. The van der Waals surface area contributed by atoms with E-state index in [-0.39, 0.29) is 0 Å². The van der Waals surface area contributed by atoms with Gasteiger partial charge >= 0.3 is 6.09 Å². The van der Waals surface area contributed by atoms with Crippen molar-refractivity contribution in [3.8, 4) is 0 Å². The molecule has 82 valence electrons. The molecule has 0 saturated heterocycles. The molecule has 0 saturated carbocycles. The minimum atomic E-state index is -0.428. The van der Waals surface area contributed by atoms with Crippen LogP contribution in [0.15, 0.2) is 30.3 Å². The number of benzene rings is 1. The molecule has 0 heterocycles. The molecule has 0 aliphatic carbocycles. The summed E-state index contributed by atoms with van der Waals surface area (Å²) in [5, 5.41) is 1.73. The molecule has 0 atom stereocenters. The van der Waals surface area contributed by atoms with Gasteiger partial charge in [-0.2, -0.15) is 0 Å². The van der Waals surface area contributed by atoms with Crippen molar-refractivity contribution >= 4 is 11.8 Å². The topological polar surface area (TPSA) is 41.6 Å². The number of hydrogen-bond acceptors (Lipinski definition) is 3. The number of ether oxygens (including phenoxy) is 1. The van der Waals surface area contributed by atoms with Crippen molar-refractivity contribution < 1.29 is 9.53 Å². The highest BCUT2D eigenvalue weighted by Crippen LogP contribution is 2.10. The summed E-state index contributed by atoms with van der Waals surface area (Å²) in [6.07, 6.45) is -0.428. The van der Waals surface area contributed by atoms with E-state index in [1.165, 1.54) is 0 Å². The van der Waals surface area contributed by atoms with Gasteiger partial charge in [0.2, 0.25) is 0 Å². The molecule has 0 fully saturated rings.